The van der Waals surface area contributed by atoms with Crippen LogP contribution in [0, 0.1) is 0 Å². The van der Waals surface area contributed by atoms with Crippen molar-refractivity contribution in [3.8, 4) is 17.2 Å². The van der Waals surface area contributed by atoms with Gasteiger partial charge in [-0.25, -0.2) is 4.98 Å². The van der Waals surface area contributed by atoms with Crippen molar-refractivity contribution >= 4 is 23.3 Å². The number of rotatable bonds is 7. The van der Waals surface area contributed by atoms with Gasteiger partial charge in [0.05, 0.1) is 33.2 Å². The third-order valence-corrected chi connectivity index (χ3v) is 5.88. The fourth-order valence-electron chi connectivity index (χ4n) is 3.88. The molecule has 1 aliphatic heterocycles. The highest BCUT2D eigenvalue weighted by Gasteiger charge is 2.23. The first-order chi connectivity index (χ1) is 17.0. The van der Waals surface area contributed by atoms with Crippen LogP contribution in [-0.4, -0.2) is 69.2 Å². The van der Waals surface area contributed by atoms with Crippen LogP contribution < -0.4 is 24.4 Å². The average molecular weight is 477 g/mol. The zero-order valence-corrected chi connectivity index (χ0v) is 20.0. The van der Waals surface area contributed by atoms with Crippen LogP contribution in [0.1, 0.15) is 20.7 Å². The number of ether oxygens (including phenoxy) is 3. The highest BCUT2D eigenvalue weighted by Crippen LogP contribution is 2.28. The largest absolute Gasteiger partial charge is 0.497 e. The molecule has 0 unspecified atom stereocenters. The molecule has 35 heavy (non-hydrogen) atoms. The van der Waals surface area contributed by atoms with Gasteiger partial charge >= 0.3 is 0 Å². The van der Waals surface area contributed by atoms with Crippen LogP contribution in [0.25, 0.3) is 0 Å². The fraction of sp³-hybridized carbons (Fsp3) is 0.269. The van der Waals surface area contributed by atoms with Gasteiger partial charge in [0.15, 0.2) is 11.5 Å². The SMILES string of the molecule is COc1ccc(C(=O)N2CCN(c3ccc(NC(=O)c4ccc(OC)c(OC)c4)cn3)CC2)cc1. The van der Waals surface area contributed by atoms with Gasteiger partial charge in [-0.1, -0.05) is 0 Å². The van der Waals surface area contributed by atoms with Crippen molar-refractivity contribution in [3.63, 3.8) is 0 Å². The van der Waals surface area contributed by atoms with Crippen LogP contribution in [0.3, 0.4) is 0 Å². The van der Waals surface area contributed by atoms with E-state index in [0.29, 0.717) is 54.5 Å². The third kappa shape index (κ3) is 5.46. The molecule has 0 atom stereocenters. The summed E-state index contributed by atoms with van der Waals surface area (Å²) in [4.78, 5) is 33.9. The van der Waals surface area contributed by atoms with Crippen molar-refractivity contribution in [2.24, 2.45) is 0 Å². The first-order valence-electron chi connectivity index (χ1n) is 11.2. The van der Waals surface area contributed by atoms with E-state index in [9.17, 15) is 9.59 Å². The van der Waals surface area contributed by atoms with Crippen LogP contribution >= 0.6 is 0 Å². The summed E-state index contributed by atoms with van der Waals surface area (Å²) in [5.74, 6) is 2.30. The molecule has 0 radical (unpaired) electrons. The molecule has 182 valence electrons. The van der Waals surface area contributed by atoms with E-state index < -0.39 is 0 Å². The van der Waals surface area contributed by atoms with E-state index in [1.807, 2.05) is 17.0 Å². The van der Waals surface area contributed by atoms with Gasteiger partial charge in [0.25, 0.3) is 11.8 Å². The van der Waals surface area contributed by atoms with Crippen molar-refractivity contribution in [2.45, 2.75) is 0 Å². The maximum absolute atomic E-state index is 12.8. The second-order valence-corrected chi connectivity index (χ2v) is 7.94. The summed E-state index contributed by atoms with van der Waals surface area (Å²) in [6.45, 7) is 2.55. The lowest BCUT2D eigenvalue weighted by molar-refractivity contribution is 0.0746. The molecule has 1 aromatic heterocycles. The Kier molecular flexibility index (Phi) is 7.35. The predicted molar refractivity (Wildman–Crippen MR) is 133 cm³/mol. The Balaban J connectivity index is 1.33. The average Bonchev–Trinajstić information content (AvgIpc) is 2.92. The first-order valence-corrected chi connectivity index (χ1v) is 11.2. The Morgan fingerprint density at radius 1 is 0.800 bits per heavy atom. The van der Waals surface area contributed by atoms with E-state index in [-0.39, 0.29) is 11.8 Å². The zero-order valence-electron chi connectivity index (χ0n) is 20.0. The summed E-state index contributed by atoms with van der Waals surface area (Å²) >= 11 is 0. The van der Waals surface area contributed by atoms with Crippen molar-refractivity contribution in [3.05, 3.63) is 71.9 Å². The number of pyridine rings is 1. The van der Waals surface area contributed by atoms with E-state index in [2.05, 4.69) is 15.2 Å². The molecule has 3 aromatic rings. The Morgan fingerprint density at radius 3 is 2.09 bits per heavy atom. The number of aromatic nitrogens is 1. The molecule has 2 heterocycles. The molecule has 9 heteroatoms. The second kappa shape index (κ2) is 10.8. The van der Waals surface area contributed by atoms with Gasteiger partial charge in [0.2, 0.25) is 0 Å². The lowest BCUT2D eigenvalue weighted by Crippen LogP contribution is -2.49. The molecule has 2 aromatic carbocycles. The molecule has 1 N–H and O–H groups in total. The molecule has 1 aliphatic rings. The second-order valence-electron chi connectivity index (χ2n) is 7.94. The first kappa shape index (κ1) is 23.9. The smallest absolute Gasteiger partial charge is 0.255 e. The van der Waals surface area contributed by atoms with Gasteiger partial charge in [-0.15, -0.1) is 0 Å². The minimum atomic E-state index is -0.272. The van der Waals surface area contributed by atoms with Crippen LogP contribution in [-0.2, 0) is 0 Å². The van der Waals surface area contributed by atoms with Gasteiger partial charge in [0, 0.05) is 37.3 Å². The molecular formula is C26H28N4O5. The van der Waals surface area contributed by atoms with Gasteiger partial charge in [-0.05, 0) is 54.6 Å². The van der Waals surface area contributed by atoms with Crippen LogP contribution in [0.5, 0.6) is 17.2 Å². The quantitative estimate of drug-likeness (QED) is 0.559. The normalized spacial score (nSPS) is 13.2. The number of amides is 2. The Labute approximate surface area is 204 Å². The molecule has 4 rings (SSSR count). The van der Waals surface area contributed by atoms with E-state index in [0.717, 1.165) is 11.6 Å². The van der Waals surface area contributed by atoms with Gasteiger partial charge in [-0.3, -0.25) is 9.59 Å². The Hall–Kier alpha value is -4.27. The summed E-state index contributed by atoms with van der Waals surface area (Å²) in [5.41, 5.74) is 1.68. The summed E-state index contributed by atoms with van der Waals surface area (Å²) in [5, 5.41) is 2.85. The number of anilines is 2. The number of carbonyl (C=O) groups excluding carboxylic acids is 2. The van der Waals surface area contributed by atoms with E-state index in [4.69, 9.17) is 14.2 Å². The van der Waals surface area contributed by atoms with Crippen molar-refractivity contribution in [1.29, 1.82) is 0 Å². The number of hydrogen-bond acceptors (Lipinski definition) is 7. The molecule has 0 saturated carbocycles. The van der Waals surface area contributed by atoms with E-state index in [1.165, 1.54) is 7.11 Å². The minimum absolute atomic E-state index is 0.00786. The molecule has 1 saturated heterocycles. The number of nitrogens with zero attached hydrogens (tertiary/aromatic N) is 3. The van der Waals surface area contributed by atoms with Crippen LogP contribution in [0.15, 0.2) is 60.8 Å². The van der Waals surface area contributed by atoms with E-state index in [1.54, 1.807) is 62.9 Å². The highest BCUT2D eigenvalue weighted by atomic mass is 16.5. The number of methoxy groups -OCH3 is 3. The summed E-state index contributed by atoms with van der Waals surface area (Å²) < 4.78 is 15.6. The van der Waals surface area contributed by atoms with Crippen LogP contribution in [0.2, 0.25) is 0 Å². The molecule has 0 aliphatic carbocycles. The maximum Gasteiger partial charge on any atom is 0.255 e. The molecular weight excluding hydrogens is 448 g/mol. The van der Waals surface area contributed by atoms with Gasteiger partial charge in [-0.2, -0.15) is 0 Å². The summed E-state index contributed by atoms with van der Waals surface area (Å²) in [7, 11) is 4.67. The van der Waals surface area contributed by atoms with Gasteiger partial charge < -0.3 is 29.3 Å². The summed E-state index contributed by atoms with van der Waals surface area (Å²) in [6, 6.07) is 15.8. The topological polar surface area (TPSA) is 93.2 Å². The lowest BCUT2D eigenvalue weighted by atomic mass is 10.1. The monoisotopic (exact) mass is 476 g/mol. The maximum atomic E-state index is 12.8. The molecule has 2 amide bonds. The number of hydrogen-bond donors (Lipinski definition) is 1. The Bertz CT molecular complexity index is 1170. The number of carbonyl (C=O) groups is 2. The lowest BCUT2D eigenvalue weighted by Gasteiger charge is -2.35. The molecule has 0 spiro atoms. The molecule has 1 fully saturated rings. The fourth-order valence-corrected chi connectivity index (χ4v) is 3.88. The number of benzene rings is 2. The van der Waals surface area contributed by atoms with Crippen LogP contribution in [0.4, 0.5) is 11.5 Å². The summed E-state index contributed by atoms with van der Waals surface area (Å²) in [6.07, 6.45) is 1.63. The molecule has 0 bridgehead atoms. The number of nitrogens with one attached hydrogen (secondary N) is 1. The number of piperazine rings is 1. The minimum Gasteiger partial charge on any atom is -0.497 e. The van der Waals surface area contributed by atoms with Crippen molar-refractivity contribution in [1.82, 2.24) is 9.88 Å². The standard InChI is InChI=1S/C26H28N4O5/c1-33-21-8-4-18(5-9-21)26(32)30-14-12-29(13-15-30)24-11-7-20(17-27-24)28-25(31)19-6-10-22(34-2)23(16-19)35-3/h4-11,16-17H,12-15H2,1-3H3,(H,28,31). The molecule has 9 nitrogen and oxygen atoms in total. The zero-order chi connectivity index (χ0) is 24.8. The van der Waals surface area contributed by atoms with E-state index >= 15 is 0 Å². The third-order valence-electron chi connectivity index (χ3n) is 5.88. The van der Waals surface area contributed by atoms with Crippen molar-refractivity contribution < 1.29 is 23.8 Å². The Morgan fingerprint density at radius 2 is 1.49 bits per heavy atom. The van der Waals surface area contributed by atoms with Crippen molar-refractivity contribution in [2.75, 3.05) is 57.7 Å². The van der Waals surface area contributed by atoms with Gasteiger partial charge in [0.1, 0.15) is 11.6 Å². The predicted octanol–water partition coefficient (Wildman–Crippen LogP) is 3.32. The highest BCUT2D eigenvalue weighted by molar-refractivity contribution is 6.04.